The zero-order chi connectivity index (χ0) is 18.0. The Labute approximate surface area is 156 Å². The Bertz CT molecular complexity index is 887. The first kappa shape index (κ1) is 18.2. The van der Waals surface area contributed by atoms with Gasteiger partial charge in [-0.05, 0) is 48.4 Å². The van der Waals surface area contributed by atoms with E-state index in [1.165, 1.54) is 17.4 Å². The summed E-state index contributed by atoms with van der Waals surface area (Å²) in [6.07, 6.45) is 2.27. The molecule has 0 spiro atoms. The normalized spacial score (nSPS) is 14.7. The Morgan fingerprint density at radius 1 is 1.28 bits per heavy atom. The number of nitrogens with zero attached hydrogens (tertiary/aromatic N) is 1. The van der Waals surface area contributed by atoms with Crippen LogP contribution >= 0.6 is 22.9 Å². The van der Waals surface area contributed by atoms with Gasteiger partial charge in [0.1, 0.15) is 0 Å². The van der Waals surface area contributed by atoms with Crippen LogP contribution in [0.4, 0.5) is 5.69 Å². The van der Waals surface area contributed by atoms with Gasteiger partial charge in [-0.1, -0.05) is 17.7 Å². The molecule has 1 aromatic carbocycles. The molecule has 1 aromatic heterocycles. The minimum Gasteiger partial charge on any atom is -0.342 e. The fraction of sp³-hybridized carbons (Fsp3) is 0.353. The van der Waals surface area contributed by atoms with Gasteiger partial charge in [-0.3, -0.25) is 9.52 Å². The van der Waals surface area contributed by atoms with Crippen molar-refractivity contribution in [3.8, 4) is 0 Å². The lowest BCUT2D eigenvalue weighted by Crippen LogP contribution is -2.29. The third-order valence-electron chi connectivity index (χ3n) is 4.29. The molecule has 1 amide bonds. The number of benzene rings is 1. The topological polar surface area (TPSA) is 66.5 Å². The van der Waals surface area contributed by atoms with Gasteiger partial charge in [0.15, 0.2) is 0 Å². The van der Waals surface area contributed by atoms with E-state index >= 15 is 0 Å². The summed E-state index contributed by atoms with van der Waals surface area (Å²) < 4.78 is 28.0. The summed E-state index contributed by atoms with van der Waals surface area (Å²) in [6, 6.07) is 4.78. The van der Waals surface area contributed by atoms with Crippen molar-refractivity contribution in [2.45, 2.75) is 31.1 Å². The lowest BCUT2D eigenvalue weighted by atomic mass is 10.2. The molecule has 8 heteroatoms. The van der Waals surface area contributed by atoms with E-state index < -0.39 is 10.0 Å². The molecule has 1 aliphatic heterocycles. The first-order chi connectivity index (χ1) is 11.9. The summed E-state index contributed by atoms with van der Waals surface area (Å²) in [5.41, 5.74) is 1.66. The summed E-state index contributed by atoms with van der Waals surface area (Å²) in [6.45, 7) is 3.24. The van der Waals surface area contributed by atoms with Gasteiger partial charge in [0.2, 0.25) is 5.91 Å². The molecule has 1 fully saturated rings. The Balaban J connectivity index is 1.80. The van der Waals surface area contributed by atoms with Gasteiger partial charge >= 0.3 is 0 Å². The average Bonchev–Trinajstić information content (AvgIpc) is 3.22. The number of sulfonamides is 1. The summed E-state index contributed by atoms with van der Waals surface area (Å²) in [5, 5.41) is 3.93. The minimum atomic E-state index is -3.77. The summed E-state index contributed by atoms with van der Waals surface area (Å²) in [7, 11) is -3.77. The van der Waals surface area contributed by atoms with Crippen LogP contribution in [-0.2, 0) is 21.2 Å². The highest BCUT2D eigenvalue weighted by Crippen LogP contribution is 2.28. The van der Waals surface area contributed by atoms with Crippen molar-refractivity contribution < 1.29 is 13.2 Å². The first-order valence-corrected chi connectivity index (χ1v) is 10.8. The van der Waals surface area contributed by atoms with Crippen molar-refractivity contribution in [3.63, 3.8) is 0 Å². The second-order valence-electron chi connectivity index (χ2n) is 6.04. The number of amides is 1. The van der Waals surface area contributed by atoms with Gasteiger partial charge in [-0.25, -0.2) is 8.42 Å². The minimum absolute atomic E-state index is 0.0373. The molecule has 0 saturated carbocycles. The largest absolute Gasteiger partial charge is 0.342 e. The first-order valence-electron chi connectivity index (χ1n) is 7.99. The standard InChI is InChI=1S/C17H19ClN2O3S2/c1-12-14(18)5-4-6-16(12)25(22,23)19-15-11-24-10-13(15)9-17(21)20-7-2-3-8-20/h4-6,10-11,19H,2-3,7-9H2,1H3. The van der Waals surface area contributed by atoms with Crippen molar-refractivity contribution in [2.75, 3.05) is 17.8 Å². The maximum atomic E-state index is 12.7. The molecule has 1 N–H and O–H groups in total. The average molecular weight is 399 g/mol. The van der Waals surface area contributed by atoms with Crippen molar-refractivity contribution >= 4 is 44.6 Å². The summed E-state index contributed by atoms with van der Waals surface area (Å²) in [4.78, 5) is 14.3. The van der Waals surface area contributed by atoms with Crippen molar-refractivity contribution in [1.82, 2.24) is 4.90 Å². The zero-order valence-corrected chi connectivity index (χ0v) is 16.2. The molecule has 3 rings (SSSR count). The third kappa shape index (κ3) is 3.99. The Morgan fingerprint density at radius 2 is 2.00 bits per heavy atom. The van der Waals surface area contributed by atoms with Crippen LogP contribution in [-0.4, -0.2) is 32.3 Å². The van der Waals surface area contributed by atoms with Gasteiger partial charge in [0, 0.05) is 23.5 Å². The van der Waals surface area contributed by atoms with Crippen LogP contribution in [0.2, 0.25) is 5.02 Å². The predicted molar refractivity (Wildman–Crippen MR) is 101 cm³/mol. The number of hydrogen-bond acceptors (Lipinski definition) is 4. The van der Waals surface area contributed by atoms with E-state index in [0.29, 0.717) is 21.8 Å². The fourth-order valence-electron chi connectivity index (χ4n) is 2.87. The third-order valence-corrected chi connectivity index (χ3v) is 7.01. The van der Waals surface area contributed by atoms with E-state index in [0.717, 1.165) is 25.9 Å². The van der Waals surface area contributed by atoms with Crippen LogP contribution in [0.25, 0.3) is 0 Å². The number of halogens is 1. The highest BCUT2D eigenvalue weighted by Gasteiger charge is 2.23. The highest BCUT2D eigenvalue weighted by atomic mass is 35.5. The highest BCUT2D eigenvalue weighted by molar-refractivity contribution is 7.92. The van der Waals surface area contributed by atoms with Crippen LogP contribution in [0.3, 0.4) is 0 Å². The van der Waals surface area contributed by atoms with Gasteiger partial charge in [0.25, 0.3) is 10.0 Å². The number of rotatable bonds is 5. The number of hydrogen-bond donors (Lipinski definition) is 1. The van der Waals surface area contributed by atoms with Gasteiger partial charge in [-0.15, -0.1) is 11.3 Å². The second kappa shape index (κ2) is 7.35. The van der Waals surface area contributed by atoms with Gasteiger partial charge < -0.3 is 4.90 Å². The van der Waals surface area contributed by atoms with Crippen LogP contribution < -0.4 is 4.72 Å². The molecule has 0 bridgehead atoms. The Morgan fingerprint density at radius 3 is 2.72 bits per heavy atom. The SMILES string of the molecule is Cc1c(Cl)cccc1S(=O)(=O)Nc1cscc1CC(=O)N1CCCC1. The molecule has 25 heavy (non-hydrogen) atoms. The van der Waals surface area contributed by atoms with Gasteiger partial charge in [-0.2, -0.15) is 0 Å². The van der Waals surface area contributed by atoms with Crippen LogP contribution in [0.15, 0.2) is 33.9 Å². The zero-order valence-electron chi connectivity index (χ0n) is 13.8. The number of likely N-dealkylation sites (tertiary alicyclic amines) is 1. The smallest absolute Gasteiger partial charge is 0.262 e. The molecule has 2 heterocycles. The van der Waals surface area contributed by atoms with E-state index in [1.807, 2.05) is 10.3 Å². The lowest BCUT2D eigenvalue weighted by Gasteiger charge is -2.16. The number of nitrogens with one attached hydrogen (secondary N) is 1. The number of anilines is 1. The molecular weight excluding hydrogens is 380 g/mol. The van der Waals surface area contributed by atoms with Crippen LogP contribution in [0.5, 0.6) is 0 Å². The summed E-state index contributed by atoms with van der Waals surface area (Å²) in [5.74, 6) is 0.0373. The quantitative estimate of drug-likeness (QED) is 0.835. The monoisotopic (exact) mass is 398 g/mol. The molecule has 1 aliphatic rings. The molecule has 2 aromatic rings. The number of thiophene rings is 1. The molecule has 0 atom stereocenters. The Kier molecular flexibility index (Phi) is 5.36. The molecular formula is C17H19ClN2O3S2. The molecule has 1 saturated heterocycles. The van der Waals surface area contributed by atoms with Gasteiger partial charge in [0.05, 0.1) is 17.0 Å². The van der Waals surface area contributed by atoms with Crippen LogP contribution in [0, 0.1) is 6.92 Å². The maximum absolute atomic E-state index is 12.7. The van der Waals surface area contributed by atoms with E-state index in [-0.39, 0.29) is 17.2 Å². The molecule has 0 radical (unpaired) electrons. The van der Waals surface area contributed by atoms with Crippen molar-refractivity contribution in [3.05, 3.63) is 45.1 Å². The van der Waals surface area contributed by atoms with E-state index in [1.54, 1.807) is 24.4 Å². The van der Waals surface area contributed by atoms with E-state index in [2.05, 4.69) is 4.72 Å². The van der Waals surface area contributed by atoms with Crippen molar-refractivity contribution in [1.29, 1.82) is 0 Å². The fourth-order valence-corrected chi connectivity index (χ4v) is 5.32. The molecule has 0 unspecified atom stereocenters. The predicted octanol–water partition coefficient (Wildman–Crippen LogP) is 3.68. The second-order valence-corrected chi connectivity index (χ2v) is 8.85. The van der Waals surface area contributed by atoms with Crippen molar-refractivity contribution in [2.24, 2.45) is 0 Å². The lowest BCUT2D eigenvalue weighted by molar-refractivity contribution is -0.129. The Hall–Kier alpha value is -1.57. The van der Waals surface area contributed by atoms with E-state index in [9.17, 15) is 13.2 Å². The summed E-state index contributed by atoms with van der Waals surface area (Å²) >= 11 is 7.40. The molecule has 134 valence electrons. The number of carbonyl (C=O) groups excluding carboxylic acids is 1. The molecule has 5 nitrogen and oxygen atoms in total. The molecule has 0 aliphatic carbocycles. The van der Waals surface area contributed by atoms with Crippen LogP contribution in [0.1, 0.15) is 24.0 Å². The number of carbonyl (C=O) groups is 1. The van der Waals surface area contributed by atoms with E-state index in [4.69, 9.17) is 11.6 Å². The maximum Gasteiger partial charge on any atom is 0.262 e.